The van der Waals surface area contributed by atoms with E-state index in [1.807, 2.05) is 6.20 Å². The highest BCUT2D eigenvalue weighted by Gasteiger charge is 2.30. The molecule has 2 fully saturated rings. The fourth-order valence-electron chi connectivity index (χ4n) is 4.78. The largest absolute Gasteiger partial charge is 0.381 e. The molecule has 0 spiro atoms. The number of hydrogen-bond acceptors (Lipinski definition) is 5. The van der Waals surface area contributed by atoms with Gasteiger partial charge in [-0.25, -0.2) is 9.97 Å². The fourth-order valence-corrected chi connectivity index (χ4v) is 4.78. The monoisotopic (exact) mass is 372 g/mol. The molecule has 6 heteroatoms. The normalized spacial score (nSPS) is 28.5. The van der Waals surface area contributed by atoms with Crippen molar-refractivity contribution in [2.24, 2.45) is 5.92 Å². The van der Waals surface area contributed by atoms with Gasteiger partial charge < -0.3 is 15.0 Å². The van der Waals surface area contributed by atoms with Crippen molar-refractivity contribution in [3.05, 3.63) is 17.5 Å². The number of carbonyl (C=O) groups excluding carboxylic acids is 1. The lowest BCUT2D eigenvalue weighted by Gasteiger charge is -2.31. The van der Waals surface area contributed by atoms with Crippen LogP contribution in [0.1, 0.15) is 75.1 Å². The third-order valence-electron chi connectivity index (χ3n) is 6.50. The van der Waals surface area contributed by atoms with Gasteiger partial charge >= 0.3 is 0 Å². The molecule has 1 saturated heterocycles. The average molecular weight is 373 g/mol. The van der Waals surface area contributed by atoms with E-state index < -0.39 is 0 Å². The number of nitrogens with one attached hydrogen (secondary N) is 1. The summed E-state index contributed by atoms with van der Waals surface area (Å²) in [7, 11) is 1.77. The van der Waals surface area contributed by atoms with Gasteiger partial charge in [0, 0.05) is 37.9 Å². The maximum atomic E-state index is 12.8. The molecule has 0 bridgehead atoms. The molecular formula is C21H32N4O2. The molecule has 148 valence electrons. The lowest BCUT2D eigenvalue weighted by Crippen LogP contribution is -2.38. The second-order valence-electron chi connectivity index (χ2n) is 8.28. The number of hydrogen-bond donors (Lipinski definition) is 1. The number of fused-ring (bicyclic) bond motifs is 1. The van der Waals surface area contributed by atoms with Crippen molar-refractivity contribution in [1.82, 2.24) is 15.3 Å². The predicted octanol–water partition coefficient (Wildman–Crippen LogP) is 3.17. The van der Waals surface area contributed by atoms with Crippen LogP contribution in [0.4, 0.5) is 5.95 Å². The van der Waals surface area contributed by atoms with E-state index in [0.29, 0.717) is 6.10 Å². The smallest absolute Gasteiger partial charge is 0.225 e. The number of piperidine rings is 1. The van der Waals surface area contributed by atoms with Crippen LogP contribution in [0.5, 0.6) is 0 Å². The minimum atomic E-state index is 0.0665. The van der Waals surface area contributed by atoms with Crippen molar-refractivity contribution in [3.63, 3.8) is 0 Å². The van der Waals surface area contributed by atoms with E-state index in [-0.39, 0.29) is 17.9 Å². The number of aryl methyl sites for hydroxylation is 1. The van der Waals surface area contributed by atoms with Crippen LogP contribution in [0.25, 0.3) is 0 Å². The highest BCUT2D eigenvalue weighted by Crippen LogP contribution is 2.32. The topological polar surface area (TPSA) is 67.3 Å². The van der Waals surface area contributed by atoms with Crippen molar-refractivity contribution >= 4 is 11.9 Å². The van der Waals surface area contributed by atoms with Crippen molar-refractivity contribution in [2.75, 3.05) is 25.1 Å². The Morgan fingerprint density at radius 3 is 2.63 bits per heavy atom. The second-order valence-corrected chi connectivity index (χ2v) is 8.28. The number of rotatable bonds is 4. The molecule has 1 aromatic heterocycles. The van der Waals surface area contributed by atoms with Gasteiger partial charge in [0.2, 0.25) is 11.9 Å². The van der Waals surface area contributed by atoms with Crippen molar-refractivity contribution in [2.45, 2.75) is 76.4 Å². The fraction of sp³-hybridized carbons (Fsp3) is 0.762. The van der Waals surface area contributed by atoms with E-state index in [1.165, 1.54) is 19.3 Å². The molecule has 1 aromatic rings. The molecule has 0 unspecified atom stereocenters. The maximum absolute atomic E-state index is 12.8. The maximum Gasteiger partial charge on any atom is 0.225 e. The van der Waals surface area contributed by atoms with E-state index in [0.717, 1.165) is 75.2 Å². The van der Waals surface area contributed by atoms with Gasteiger partial charge in [0.25, 0.3) is 0 Å². The summed E-state index contributed by atoms with van der Waals surface area (Å²) in [5.74, 6) is 1.19. The van der Waals surface area contributed by atoms with Crippen LogP contribution in [-0.2, 0) is 16.0 Å². The molecule has 2 heterocycles. The Hall–Kier alpha value is -1.69. The molecule has 4 rings (SSSR count). The molecule has 1 atom stereocenters. The molecule has 6 nitrogen and oxygen atoms in total. The van der Waals surface area contributed by atoms with Crippen LogP contribution in [0.2, 0.25) is 0 Å². The lowest BCUT2D eigenvalue weighted by atomic mass is 9.85. The van der Waals surface area contributed by atoms with Gasteiger partial charge in [0.05, 0.1) is 17.8 Å². The van der Waals surface area contributed by atoms with Crippen LogP contribution < -0.4 is 10.2 Å². The Morgan fingerprint density at radius 2 is 1.89 bits per heavy atom. The van der Waals surface area contributed by atoms with Crippen LogP contribution in [0, 0.1) is 5.92 Å². The van der Waals surface area contributed by atoms with Crippen molar-refractivity contribution in [3.8, 4) is 0 Å². The summed E-state index contributed by atoms with van der Waals surface area (Å²) in [6.07, 6.45) is 12.9. The summed E-state index contributed by atoms with van der Waals surface area (Å²) >= 11 is 0. The molecule has 1 aliphatic heterocycles. The zero-order valence-electron chi connectivity index (χ0n) is 16.5. The number of anilines is 1. The summed E-state index contributed by atoms with van der Waals surface area (Å²) < 4.78 is 5.42. The van der Waals surface area contributed by atoms with E-state index in [9.17, 15) is 4.79 Å². The van der Waals surface area contributed by atoms with Gasteiger partial charge in [0.1, 0.15) is 0 Å². The van der Waals surface area contributed by atoms with Gasteiger partial charge in [-0.2, -0.15) is 0 Å². The highest BCUT2D eigenvalue weighted by atomic mass is 16.5. The van der Waals surface area contributed by atoms with Crippen LogP contribution >= 0.6 is 0 Å². The molecule has 0 aromatic carbocycles. The van der Waals surface area contributed by atoms with Crippen LogP contribution in [-0.4, -0.2) is 42.2 Å². The zero-order chi connectivity index (χ0) is 18.6. The first-order valence-corrected chi connectivity index (χ1v) is 10.7. The minimum absolute atomic E-state index is 0.0665. The Kier molecular flexibility index (Phi) is 5.91. The number of nitrogens with zero attached hydrogens (tertiary/aromatic N) is 3. The second kappa shape index (κ2) is 8.55. The molecule has 1 amide bonds. The molecule has 0 radical (unpaired) electrons. The first-order valence-electron chi connectivity index (χ1n) is 10.7. The Morgan fingerprint density at radius 1 is 1.11 bits per heavy atom. The Labute approximate surface area is 162 Å². The summed E-state index contributed by atoms with van der Waals surface area (Å²) in [6.45, 7) is 2.12. The highest BCUT2D eigenvalue weighted by molar-refractivity contribution is 5.79. The molecule has 3 aliphatic rings. The van der Waals surface area contributed by atoms with Gasteiger partial charge in [-0.05, 0) is 64.2 Å². The third-order valence-corrected chi connectivity index (χ3v) is 6.50. The van der Waals surface area contributed by atoms with Gasteiger partial charge in [-0.15, -0.1) is 0 Å². The number of amides is 1. The number of aromatic nitrogens is 2. The minimum Gasteiger partial charge on any atom is -0.381 e. The molecule has 1 N–H and O–H groups in total. The van der Waals surface area contributed by atoms with Gasteiger partial charge in [-0.3, -0.25) is 4.79 Å². The summed E-state index contributed by atoms with van der Waals surface area (Å²) in [5, 5.41) is 3.30. The van der Waals surface area contributed by atoms with Gasteiger partial charge in [-0.1, -0.05) is 0 Å². The number of ether oxygens (including phenoxy) is 1. The SMILES string of the molecule is COC1CCC(C(=O)N[C@H]2CCCc3nc(N4CCCCC4)ncc32)CC1. The van der Waals surface area contributed by atoms with E-state index >= 15 is 0 Å². The van der Waals surface area contributed by atoms with E-state index in [4.69, 9.17) is 9.72 Å². The first-order chi connectivity index (χ1) is 13.2. The lowest BCUT2D eigenvalue weighted by molar-refractivity contribution is -0.127. The quantitative estimate of drug-likeness (QED) is 0.879. The van der Waals surface area contributed by atoms with E-state index in [1.54, 1.807) is 7.11 Å². The Balaban J connectivity index is 1.41. The average Bonchev–Trinajstić information content (AvgIpc) is 2.74. The molecule has 27 heavy (non-hydrogen) atoms. The summed E-state index contributed by atoms with van der Waals surface area (Å²) in [4.78, 5) is 24.6. The predicted molar refractivity (Wildman–Crippen MR) is 105 cm³/mol. The van der Waals surface area contributed by atoms with E-state index in [2.05, 4.69) is 15.2 Å². The standard InChI is InChI=1S/C21H32N4O2/c1-27-16-10-8-15(9-11-16)20(26)23-18-6-5-7-19-17(18)14-22-21(24-19)25-12-3-2-4-13-25/h14-16,18H,2-13H2,1H3,(H,23,26)/t15?,16?,18-/m0/s1. The number of carbonyl (C=O) groups is 1. The van der Waals surface area contributed by atoms with Crippen LogP contribution in [0.15, 0.2) is 6.20 Å². The molecular weight excluding hydrogens is 340 g/mol. The zero-order valence-corrected chi connectivity index (χ0v) is 16.5. The van der Waals surface area contributed by atoms with Crippen molar-refractivity contribution < 1.29 is 9.53 Å². The number of methoxy groups -OCH3 is 1. The molecule has 1 saturated carbocycles. The van der Waals surface area contributed by atoms with Gasteiger partial charge in [0.15, 0.2) is 0 Å². The molecule has 2 aliphatic carbocycles. The third kappa shape index (κ3) is 4.26. The Bertz CT molecular complexity index is 652. The van der Waals surface area contributed by atoms with Crippen LogP contribution in [0.3, 0.4) is 0 Å². The summed E-state index contributed by atoms with van der Waals surface area (Å²) in [6, 6.07) is 0.0665. The van der Waals surface area contributed by atoms with Crippen molar-refractivity contribution in [1.29, 1.82) is 0 Å². The first kappa shape index (κ1) is 18.7. The summed E-state index contributed by atoms with van der Waals surface area (Å²) in [5.41, 5.74) is 2.26.